The third-order valence-electron chi connectivity index (χ3n) is 8.92. The smallest absolute Gasteiger partial charge is 0.422 e. The minimum atomic E-state index is -4.60. The third-order valence-corrected chi connectivity index (χ3v) is 8.92. The number of carbonyl (C=O) groups excluding carboxylic acids is 1. The van der Waals surface area contributed by atoms with Crippen LogP contribution in [-0.4, -0.2) is 112 Å². The second kappa shape index (κ2) is 19.3. The van der Waals surface area contributed by atoms with Gasteiger partial charge < -0.3 is 24.8 Å². The summed E-state index contributed by atoms with van der Waals surface area (Å²) in [6, 6.07) is 20.0. The maximum Gasteiger partial charge on any atom is 0.422 e. The number of fused-ring (bicyclic) bond motifs is 1. The number of methoxy groups -OCH3 is 1. The normalized spacial score (nSPS) is 17.4. The van der Waals surface area contributed by atoms with E-state index in [1.807, 2.05) is 36.4 Å². The summed E-state index contributed by atoms with van der Waals surface area (Å²) >= 11 is 0. The standard InChI is InChI=1S/C35H39F3N8O4.3ClH/c1-3-49-34-42-31(48-2)26(32(43-34)50-22-35(36,37)38)20-44-18-25-19-45(33(47)29-30(39)41-15-14-40-29)16-17-46(25)27(21-44)28(23-10-6-4-7-11-23)24-12-8-5-9-13-24;;;/h4-15,25,27-28H,3,16-22H2,1-2H3,(H2,39,41);3*1H/t25-,27+;;;/m1.../s1. The van der Waals surface area contributed by atoms with Crippen molar-refractivity contribution in [2.45, 2.75) is 37.6 Å². The van der Waals surface area contributed by atoms with Gasteiger partial charge in [0.25, 0.3) is 5.91 Å². The molecule has 2 saturated heterocycles. The van der Waals surface area contributed by atoms with E-state index in [9.17, 15) is 18.0 Å². The summed E-state index contributed by atoms with van der Waals surface area (Å²) in [6.45, 7) is 2.89. The van der Waals surface area contributed by atoms with Gasteiger partial charge in [-0.15, -0.1) is 37.2 Å². The fourth-order valence-corrected chi connectivity index (χ4v) is 6.86. The van der Waals surface area contributed by atoms with Gasteiger partial charge in [0, 0.05) is 69.7 Å². The minimum Gasteiger partial charge on any atom is -0.481 e. The molecule has 2 fully saturated rings. The Kier molecular flexibility index (Phi) is 15.7. The van der Waals surface area contributed by atoms with Crippen LogP contribution in [0.2, 0.25) is 0 Å². The van der Waals surface area contributed by atoms with Crippen LogP contribution >= 0.6 is 37.2 Å². The lowest BCUT2D eigenvalue weighted by atomic mass is 9.81. The quantitative estimate of drug-likeness (QED) is 0.212. The number of rotatable bonds is 11. The number of benzene rings is 2. The Hall–Kier alpha value is -4.15. The summed E-state index contributed by atoms with van der Waals surface area (Å²) in [6.07, 6.45) is -1.72. The SMILES string of the molecule is CCOc1nc(OC)c(CN2C[C@@H]3CN(C(=O)c4nccnc4N)CCN3[C@H](C(c3ccccc3)c3ccccc3)C2)c(OCC(F)(F)F)n1.Cl.Cl.Cl. The first-order valence-electron chi connectivity index (χ1n) is 16.4. The van der Waals surface area contributed by atoms with Gasteiger partial charge in [0.2, 0.25) is 11.8 Å². The highest BCUT2D eigenvalue weighted by Crippen LogP contribution is 2.38. The highest BCUT2D eigenvalue weighted by molar-refractivity contribution is 5.96. The maximum absolute atomic E-state index is 13.7. The fraction of sp³-hybridized carbons (Fsp3) is 0.400. The van der Waals surface area contributed by atoms with Crippen molar-refractivity contribution in [3.8, 4) is 17.8 Å². The first-order valence-corrected chi connectivity index (χ1v) is 16.4. The van der Waals surface area contributed by atoms with Gasteiger partial charge in [-0.05, 0) is 18.1 Å². The molecule has 2 N–H and O–H groups in total. The van der Waals surface area contributed by atoms with Gasteiger partial charge in [0.15, 0.2) is 18.1 Å². The topological polar surface area (TPSA) is 132 Å². The van der Waals surface area contributed by atoms with Crippen LogP contribution in [0.5, 0.6) is 17.8 Å². The molecule has 0 spiro atoms. The molecule has 18 heteroatoms. The average Bonchev–Trinajstić information content (AvgIpc) is 3.12. The van der Waals surface area contributed by atoms with E-state index in [-0.39, 0.29) is 109 Å². The number of nitrogens with zero attached hydrogens (tertiary/aromatic N) is 7. The predicted molar refractivity (Wildman–Crippen MR) is 200 cm³/mol. The number of hydrogen-bond donors (Lipinski definition) is 1. The zero-order valence-electron chi connectivity index (χ0n) is 29.0. The molecule has 6 rings (SSSR count). The Morgan fingerprint density at radius 2 is 1.51 bits per heavy atom. The van der Waals surface area contributed by atoms with Gasteiger partial charge in [-0.25, -0.2) is 9.97 Å². The van der Waals surface area contributed by atoms with Gasteiger partial charge in [-0.3, -0.25) is 14.6 Å². The summed E-state index contributed by atoms with van der Waals surface area (Å²) in [5.74, 6) is -0.528. The number of hydrogen-bond acceptors (Lipinski definition) is 11. The second-order valence-electron chi connectivity index (χ2n) is 12.1. The van der Waals surface area contributed by atoms with Crippen LogP contribution in [0.4, 0.5) is 19.0 Å². The van der Waals surface area contributed by atoms with Crippen LogP contribution in [0.1, 0.15) is 40.0 Å². The van der Waals surface area contributed by atoms with Gasteiger partial charge in [-0.1, -0.05) is 60.7 Å². The number of amides is 1. The van der Waals surface area contributed by atoms with Gasteiger partial charge >= 0.3 is 12.2 Å². The highest BCUT2D eigenvalue weighted by atomic mass is 35.5. The van der Waals surface area contributed by atoms with E-state index >= 15 is 0 Å². The van der Waals surface area contributed by atoms with Crippen LogP contribution in [0.3, 0.4) is 0 Å². The predicted octanol–water partition coefficient (Wildman–Crippen LogP) is 5.31. The van der Waals surface area contributed by atoms with Crippen molar-refractivity contribution in [2.75, 3.05) is 58.8 Å². The van der Waals surface area contributed by atoms with Gasteiger partial charge in [0.05, 0.1) is 19.3 Å². The van der Waals surface area contributed by atoms with Crippen LogP contribution in [-0.2, 0) is 6.54 Å². The lowest BCUT2D eigenvalue weighted by Gasteiger charge is -2.53. The van der Waals surface area contributed by atoms with Gasteiger partial charge in [-0.2, -0.15) is 23.1 Å². The van der Waals surface area contributed by atoms with Crippen molar-refractivity contribution >= 4 is 48.9 Å². The Bertz CT molecular complexity index is 1730. The van der Waals surface area contributed by atoms with Crippen LogP contribution in [0, 0.1) is 0 Å². The molecule has 0 bridgehead atoms. The van der Waals surface area contributed by atoms with E-state index in [2.05, 4.69) is 54.0 Å². The van der Waals surface area contributed by atoms with Crippen molar-refractivity contribution < 1.29 is 32.2 Å². The first kappa shape index (κ1) is 43.3. The Morgan fingerprint density at radius 3 is 2.09 bits per heavy atom. The zero-order chi connectivity index (χ0) is 35.3. The number of aromatic nitrogens is 4. The number of nitrogen functional groups attached to an aromatic ring is 1. The molecule has 1 amide bonds. The van der Waals surface area contributed by atoms with Gasteiger partial charge in [0.1, 0.15) is 0 Å². The number of ether oxygens (including phenoxy) is 3. The molecule has 0 saturated carbocycles. The van der Waals surface area contributed by atoms with E-state index in [4.69, 9.17) is 19.9 Å². The lowest BCUT2D eigenvalue weighted by molar-refractivity contribution is -0.154. The summed E-state index contributed by atoms with van der Waals surface area (Å²) < 4.78 is 56.3. The van der Waals surface area contributed by atoms with E-state index in [0.717, 1.165) is 11.1 Å². The Labute approximate surface area is 324 Å². The summed E-state index contributed by atoms with van der Waals surface area (Å²) in [5, 5.41) is 0. The first-order chi connectivity index (χ1) is 24.1. The molecule has 0 radical (unpaired) electrons. The molecule has 0 aliphatic carbocycles. The number of alkyl halides is 3. The van der Waals surface area contributed by atoms with Crippen LogP contribution in [0.15, 0.2) is 73.1 Å². The fourth-order valence-electron chi connectivity index (χ4n) is 6.86. The van der Waals surface area contributed by atoms with E-state index < -0.39 is 12.8 Å². The van der Waals surface area contributed by atoms with E-state index in [0.29, 0.717) is 32.7 Å². The minimum absolute atomic E-state index is 0. The average molecular weight is 802 g/mol. The zero-order valence-corrected chi connectivity index (χ0v) is 31.5. The summed E-state index contributed by atoms with van der Waals surface area (Å²) in [5.41, 5.74) is 8.62. The number of carbonyl (C=O) groups is 1. The molecule has 2 aliphatic rings. The monoisotopic (exact) mass is 800 g/mol. The molecule has 288 valence electrons. The molecule has 2 aromatic carbocycles. The molecule has 0 unspecified atom stereocenters. The molecular weight excluding hydrogens is 760 g/mol. The third kappa shape index (κ3) is 10.3. The molecule has 4 aromatic rings. The number of anilines is 1. The lowest BCUT2D eigenvalue weighted by Crippen LogP contribution is -2.67. The molecular formula is C35H42Cl3F3N8O4. The van der Waals surface area contributed by atoms with Crippen molar-refractivity contribution in [3.05, 3.63) is 95.4 Å². The molecule has 2 atom stereocenters. The number of nitrogens with two attached hydrogens (primary N) is 1. The molecule has 4 heterocycles. The van der Waals surface area contributed by atoms with Crippen LogP contribution < -0.4 is 19.9 Å². The summed E-state index contributed by atoms with van der Waals surface area (Å²) in [4.78, 5) is 36.7. The van der Waals surface area contributed by atoms with Crippen molar-refractivity contribution in [1.29, 1.82) is 0 Å². The van der Waals surface area contributed by atoms with E-state index in [1.54, 1.807) is 11.8 Å². The second-order valence-corrected chi connectivity index (χ2v) is 12.1. The molecule has 2 aromatic heterocycles. The summed E-state index contributed by atoms with van der Waals surface area (Å²) in [7, 11) is 1.39. The number of halogens is 6. The largest absolute Gasteiger partial charge is 0.481 e. The van der Waals surface area contributed by atoms with Crippen molar-refractivity contribution in [3.63, 3.8) is 0 Å². The highest BCUT2D eigenvalue weighted by Gasteiger charge is 2.44. The molecule has 2 aliphatic heterocycles. The number of piperazine rings is 2. The van der Waals surface area contributed by atoms with Crippen LogP contribution in [0.25, 0.3) is 0 Å². The maximum atomic E-state index is 13.7. The Balaban J connectivity index is 0.00000252. The Morgan fingerprint density at radius 1 is 0.887 bits per heavy atom. The molecule has 53 heavy (non-hydrogen) atoms. The van der Waals surface area contributed by atoms with Crippen molar-refractivity contribution in [1.82, 2.24) is 34.6 Å². The van der Waals surface area contributed by atoms with Crippen molar-refractivity contribution in [2.24, 2.45) is 0 Å². The molecule has 12 nitrogen and oxygen atoms in total. The van der Waals surface area contributed by atoms with E-state index in [1.165, 1.54) is 19.5 Å².